The molecule has 2 aromatic carbocycles. The van der Waals surface area contributed by atoms with Crippen molar-refractivity contribution < 1.29 is 27.1 Å². The second-order valence-electron chi connectivity index (χ2n) is 6.37. The molecule has 29 heavy (non-hydrogen) atoms. The van der Waals surface area contributed by atoms with E-state index in [9.17, 15) is 18.0 Å². The highest BCUT2D eigenvalue weighted by molar-refractivity contribution is 9.10. The summed E-state index contributed by atoms with van der Waals surface area (Å²) in [4.78, 5) is 12.8. The van der Waals surface area contributed by atoms with Crippen molar-refractivity contribution in [2.24, 2.45) is 0 Å². The van der Waals surface area contributed by atoms with Crippen molar-refractivity contribution in [1.29, 1.82) is 0 Å². The van der Waals surface area contributed by atoms with Crippen LogP contribution in [-0.2, 0) is 6.18 Å². The highest BCUT2D eigenvalue weighted by Crippen LogP contribution is 2.39. The normalized spacial score (nSPS) is 11.4. The van der Waals surface area contributed by atoms with Crippen LogP contribution in [0.25, 0.3) is 11.0 Å². The van der Waals surface area contributed by atoms with Gasteiger partial charge >= 0.3 is 6.18 Å². The maximum Gasteiger partial charge on any atom is 0.453 e. The zero-order valence-electron chi connectivity index (χ0n) is 15.5. The molecule has 0 N–H and O–H groups in total. The number of fused-ring (bicyclic) bond motifs is 1. The zero-order chi connectivity index (χ0) is 21.2. The Labute approximate surface area is 172 Å². The maximum atomic E-state index is 13.6. The van der Waals surface area contributed by atoms with Gasteiger partial charge in [0.15, 0.2) is 0 Å². The Morgan fingerprint density at radius 3 is 2.55 bits per heavy atom. The lowest BCUT2D eigenvalue weighted by molar-refractivity contribution is -0.154. The van der Waals surface area contributed by atoms with Gasteiger partial charge in [0.2, 0.25) is 11.2 Å². The highest BCUT2D eigenvalue weighted by atomic mass is 79.9. The second-order valence-corrected chi connectivity index (χ2v) is 7.22. The van der Waals surface area contributed by atoms with Crippen LogP contribution in [0.15, 0.2) is 67.8 Å². The molecular formula is C21H16BrF3O4. The van der Waals surface area contributed by atoms with Crippen molar-refractivity contribution >= 4 is 26.9 Å². The number of ether oxygens (including phenoxy) is 2. The molecule has 0 saturated carbocycles. The molecule has 0 radical (unpaired) electrons. The maximum absolute atomic E-state index is 13.6. The summed E-state index contributed by atoms with van der Waals surface area (Å²) in [6, 6.07) is 10.4. The average molecular weight is 469 g/mol. The summed E-state index contributed by atoms with van der Waals surface area (Å²) in [5.41, 5.74) is -0.132. The van der Waals surface area contributed by atoms with Crippen molar-refractivity contribution in [2.75, 3.05) is 6.61 Å². The van der Waals surface area contributed by atoms with Crippen LogP contribution in [0.5, 0.6) is 17.2 Å². The summed E-state index contributed by atoms with van der Waals surface area (Å²) >= 11 is 3.19. The summed E-state index contributed by atoms with van der Waals surface area (Å²) in [5, 5.41) is -0.0467. The fourth-order valence-electron chi connectivity index (χ4n) is 2.47. The van der Waals surface area contributed by atoms with Gasteiger partial charge in [0.25, 0.3) is 5.76 Å². The van der Waals surface area contributed by atoms with Crippen molar-refractivity contribution in [3.8, 4) is 17.2 Å². The number of hydrogen-bond acceptors (Lipinski definition) is 4. The van der Waals surface area contributed by atoms with E-state index in [2.05, 4.69) is 15.9 Å². The SMILES string of the molecule is CC(C)=CCOc1ccc2c(=O)c(Oc3ccccc3Br)c(C(F)(F)F)oc2c1. The largest absolute Gasteiger partial charge is 0.489 e. The Morgan fingerprint density at radius 1 is 1.17 bits per heavy atom. The van der Waals surface area contributed by atoms with Crippen LogP contribution in [0, 0.1) is 0 Å². The van der Waals surface area contributed by atoms with Gasteiger partial charge in [-0.2, -0.15) is 13.2 Å². The Hall–Kier alpha value is -2.74. The lowest BCUT2D eigenvalue weighted by atomic mass is 10.2. The standard InChI is InChI=1S/C21H16BrF3O4/c1-12(2)9-10-27-13-7-8-14-17(11-13)29-20(21(23,24)25)19(18(14)26)28-16-6-4-3-5-15(16)22/h3-9,11H,10H2,1-2H3. The predicted octanol–water partition coefficient (Wildman–Crippen LogP) is 6.71. The first kappa shape index (κ1) is 21.0. The van der Waals surface area contributed by atoms with Crippen LogP contribution in [0.4, 0.5) is 13.2 Å². The number of alkyl halides is 3. The van der Waals surface area contributed by atoms with E-state index in [0.717, 1.165) is 5.57 Å². The topological polar surface area (TPSA) is 48.7 Å². The molecule has 0 saturated heterocycles. The van der Waals surface area contributed by atoms with Crippen molar-refractivity contribution in [2.45, 2.75) is 20.0 Å². The molecule has 1 heterocycles. The highest BCUT2D eigenvalue weighted by Gasteiger charge is 2.40. The second kappa shape index (κ2) is 8.32. The number of halogens is 4. The van der Waals surface area contributed by atoms with E-state index in [1.54, 1.807) is 18.2 Å². The van der Waals surface area contributed by atoms with Crippen molar-refractivity contribution in [3.63, 3.8) is 0 Å². The summed E-state index contributed by atoms with van der Waals surface area (Å²) in [6.07, 6.45) is -3.11. The summed E-state index contributed by atoms with van der Waals surface area (Å²) < 4.78 is 57.0. The molecule has 0 aliphatic rings. The zero-order valence-corrected chi connectivity index (χ0v) is 17.1. The molecule has 0 amide bonds. The third-order valence-electron chi connectivity index (χ3n) is 3.87. The Bertz CT molecular complexity index is 1130. The number of rotatable bonds is 5. The van der Waals surface area contributed by atoms with Gasteiger partial charge in [0.05, 0.1) is 9.86 Å². The van der Waals surface area contributed by atoms with Gasteiger partial charge in [-0.05, 0) is 60.1 Å². The minimum Gasteiger partial charge on any atom is -0.489 e. The van der Waals surface area contributed by atoms with Gasteiger partial charge in [-0.3, -0.25) is 4.79 Å². The smallest absolute Gasteiger partial charge is 0.453 e. The van der Waals surface area contributed by atoms with Crippen LogP contribution in [0.3, 0.4) is 0 Å². The van der Waals surface area contributed by atoms with E-state index in [-0.39, 0.29) is 29.1 Å². The molecule has 0 atom stereocenters. The molecule has 4 nitrogen and oxygen atoms in total. The van der Waals surface area contributed by atoms with Crippen LogP contribution < -0.4 is 14.9 Å². The molecule has 1 aromatic heterocycles. The molecule has 3 aromatic rings. The molecule has 152 valence electrons. The first-order valence-electron chi connectivity index (χ1n) is 8.53. The van der Waals surface area contributed by atoms with Gasteiger partial charge in [-0.1, -0.05) is 17.7 Å². The minimum absolute atomic E-state index is 0.0467. The van der Waals surface area contributed by atoms with Crippen molar-refractivity contribution in [1.82, 2.24) is 0 Å². The summed E-state index contributed by atoms with van der Waals surface area (Å²) in [6.45, 7) is 4.03. The van der Waals surface area contributed by atoms with Gasteiger partial charge < -0.3 is 13.9 Å². The minimum atomic E-state index is -4.93. The van der Waals surface area contributed by atoms with Crippen LogP contribution >= 0.6 is 15.9 Å². The summed E-state index contributed by atoms with van der Waals surface area (Å²) in [7, 11) is 0. The number of hydrogen-bond donors (Lipinski definition) is 0. The molecule has 0 aliphatic carbocycles. The van der Waals surface area contributed by atoms with Crippen LogP contribution in [-0.4, -0.2) is 6.61 Å². The van der Waals surface area contributed by atoms with Gasteiger partial charge in [0.1, 0.15) is 23.7 Å². The molecule has 8 heteroatoms. The van der Waals surface area contributed by atoms with E-state index >= 15 is 0 Å². The van der Waals surface area contributed by atoms with E-state index in [1.165, 1.54) is 24.3 Å². The molecule has 0 aliphatic heterocycles. The molecule has 0 bridgehead atoms. The number of benzene rings is 2. The van der Waals surface area contributed by atoms with E-state index < -0.39 is 23.1 Å². The number of para-hydroxylation sites is 1. The summed E-state index contributed by atoms with van der Waals surface area (Å²) in [5.74, 6) is -2.08. The van der Waals surface area contributed by atoms with E-state index in [1.807, 2.05) is 19.9 Å². The van der Waals surface area contributed by atoms with Gasteiger partial charge in [0, 0.05) is 6.07 Å². The lowest BCUT2D eigenvalue weighted by Crippen LogP contribution is -2.15. The predicted molar refractivity (Wildman–Crippen MR) is 107 cm³/mol. The molecule has 0 unspecified atom stereocenters. The van der Waals surface area contributed by atoms with E-state index in [0.29, 0.717) is 4.47 Å². The van der Waals surface area contributed by atoms with Crippen molar-refractivity contribution in [3.05, 3.63) is 74.6 Å². The first-order valence-corrected chi connectivity index (χ1v) is 9.32. The quantitative estimate of drug-likeness (QED) is 0.390. The average Bonchev–Trinajstić information content (AvgIpc) is 2.64. The first-order chi connectivity index (χ1) is 13.7. The van der Waals surface area contributed by atoms with Crippen LogP contribution in [0.1, 0.15) is 19.6 Å². The molecule has 0 fully saturated rings. The molecule has 3 rings (SSSR count). The Kier molecular flexibility index (Phi) is 6.02. The third kappa shape index (κ3) is 4.82. The molecular weight excluding hydrogens is 453 g/mol. The van der Waals surface area contributed by atoms with Gasteiger partial charge in [-0.15, -0.1) is 0 Å². The Balaban J connectivity index is 2.11. The fourth-order valence-corrected chi connectivity index (χ4v) is 2.83. The lowest BCUT2D eigenvalue weighted by Gasteiger charge is -2.14. The Morgan fingerprint density at radius 2 is 1.90 bits per heavy atom. The number of allylic oxidation sites excluding steroid dienone is 1. The van der Waals surface area contributed by atoms with Crippen LogP contribution in [0.2, 0.25) is 0 Å². The molecule has 0 spiro atoms. The third-order valence-corrected chi connectivity index (χ3v) is 4.53. The van der Waals surface area contributed by atoms with Gasteiger partial charge in [-0.25, -0.2) is 0 Å². The monoisotopic (exact) mass is 468 g/mol. The van der Waals surface area contributed by atoms with E-state index in [4.69, 9.17) is 13.9 Å². The fraction of sp³-hybridized carbons (Fsp3) is 0.190.